The van der Waals surface area contributed by atoms with Gasteiger partial charge in [-0.2, -0.15) is 0 Å². The molecule has 0 aliphatic rings. The van der Waals surface area contributed by atoms with Crippen LogP contribution < -0.4 is 14.8 Å². The van der Waals surface area contributed by atoms with Crippen LogP contribution in [0, 0.1) is 0 Å². The van der Waals surface area contributed by atoms with E-state index in [1.165, 1.54) is 0 Å². The second-order valence-electron chi connectivity index (χ2n) is 5.64. The van der Waals surface area contributed by atoms with E-state index in [1.807, 2.05) is 36.4 Å². The number of ether oxygens (including phenoxy) is 2. The van der Waals surface area contributed by atoms with Gasteiger partial charge in [0.2, 0.25) is 0 Å². The third-order valence-electron chi connectivity index (χ3n) is 3.81. The summed E-state index contributed by atoms with van der Waals surface area (Å²) < 4.78 is 16.8. The van der Waals surface area contributed by atoms with Gasteiger partial charge in [0.15, 0.2) is 11.5 Å². The van der Waals surface area contributed by atoms with Gasteiger partial charge in [-0.25, -0.2) is 0 Å². The van der Waals surface area contributed by atoms with Gasteiger partial charge >= 0.3 is 0 Å². The lowest BCUT2D eigenvalue weighted by Crippen LogP contribution is -2.22. The number of benzene rings is 2. The van der Waals surface area contributed by atoms with Crippen LogP contribution in [0.2, 0.25) is 10.0 Å². The van der Waals surface area contributed by atoms with Crippen LogP contribution in [0.4, 0.5) is 0 Å². The van der Waals surface area contributed by atoms with E-state index in [9.17, 15) is 0 Å². The summed E-state index contributed by atoms with van der Waals surface area (Å²) in [4.78, 5) is 0.537. The summed E-state index contributed by atoms with van der Waals surface area (Å²) in [7, 11) is 1.59. The molecule has 7 heteroatoms. The van der Waals surface area contributed by atoms with Gasteiger partial charge in [-0.05, 0) is 42.0 Å². The van der Waals surface area contributed by atoms with Gasteiger partial charge in [0.25, 0.3) is 0 Å². The van der Waals surface area contributed by atoms with E-state index in [-0.39, 0.29) is 0 Å². The molecule has 1 aromatic heterocycles. The standard InChI is InChI=1S/C20H17Cl2NO3S/c1-24-18-6-2-5-15(20(27)23-11-14-4-3-9-25-14)19(18)26-12-13-7-8-16(21)17(22)10-13/h2-10H,11-12H2,1H3,(H,23,27). The number of hydrogen-bond donors (Lipinski definition) is 1. The van der Waals surface area contributed by atoms with E-state index in [4.69, 9.17) is 49.3 Å². The zero-order chi connectivity index (χ0) is 19.2. The van der Waals surface area contributed by atoms with E-state index < -0.39 is 0 Å². The molecule has 0 spiro atoms. The smallest absolute Gasteiger partial charge is 0.171 e. The summed E-state index contributed by atoms with van der Waals surface area (Å²) in [6.45, 7) is 0.778. The van der Waals surface area contributed by atoms with E-state index >= 15 is 0 Å². The molecule has 0 saturated heterocycles. The predicted molar refractivity (Wildman–Crippen MR) is 111 cm³/mol. The molecule has 2 aromatic carbocycles. The van der Waals surface area contributed by atoms with Crippen LogP contribution in [0.3, 0.4) is 0 Å². The van der Waals surface area contributed by atoms with Gasteiger partial charge in [-0.15, -0.1) is 0 Å². The SMILES string of the molecule is COc1cccc(C(=S)NCc2ccco2)c1OCc1ccc(Cl)c(Cl)c1. The summed E-state index contributed by atoms with van der Waals surface area (Å²) >= 11 is 17.6. The Balaban J connectivity index is 1.78. The molecule has 27 heavy (non-hydrogen) atoms. The lowest BCUT2D eigenvalue weighted by Gasteiger charge is -2.16. The highest BCUT2D eigenvalue weighted by Gasteiger charge is 2.15. The third kappa shape index (κ3) is 4.95. The van der Waals surface area contributed by atoms with Gasteiger partial charge in [-0.1, -0.05) is 47.6 Å². The summed E-state index contributed by atoms with van der Waals surface area (Å²) in [5, 5.41) is 4.15. The van der Waals surface area contributed by atoms with Crippen LogP contribution >= 0.6 is 35.4 Å². The lowest BCUT2D eigenvalue weighted by atomic mass is 10.1. The molecule has 3 rings (SSSR count). The Hall–Kier alpha value is -2.21. The first-order valence-electron chi connectivity index (χ1n) is 8.13. The Kier molecular flexibility index (Phi) is 6.61. The number of methoxy groups -OCH3 is 1. The van der Waals surface area contributed by atoms with Gasteiger partial charge in [0, 0.05) is 0 Å². The van der Waals surface area contributed by atoms with Crippen LogP contribution in [-0.4, -0.2) is 12.1 Å². The van der Waals surface area contributed by atoms with Crippen LogP contribution in [0.5, 0.6) is 11.5 Å². The van der Waals surface area contributed by atoms with Crippen molar-refractivity contribution in [3.8, 4) is 11.5 Å². The Morgan fingerprint density at radius 3 is 2.67 bits per heavy atom. The van der Waals surface area contributed by atoms with Crippen molar-refractivity contribution in [1.82, 2.24) is 5.32 Å². The normalized spacial score (nSPS) is 10.5. The van der Waals surface area contributed by atoms with Crippen molar-refractivity contribution in [1.29, 1.82) is 0 Å². The molecule has 1 N–H and O–H groups in total. The maximum absolute atomic E-state index is 6.07. The molecule has 0 amide bonds. The first-order chi connectivity index (χ1) is 13.1. The van der Waals surface area contributed by atoms with Gasteiger partial charge in [-0.3, -0.25) is 0 Å². The number of hydrogen-bond acceptors (Lipinski definition) is 4. The Bertz CT molecular complexity index is 929. The molecule has 0 aliphatic carbocycles. The number of nitrogens with one attached hydrogen (secondary N) is 1. The second kappa shape index (κ2) is 9.13. The number of halogens is 2. The molecular formula is C20H17Cl2NO3S. The highest BCUT2D eigenvalue weighted by atomic mass is 35.5. The van der Waals surface area contributed by atoms with Gasteiger partial charge in [0.05, 0.1) is 35.5 Å². The quantitative estimate of drug-likeness (QED) is 0.500. The first-order valence-corrected chi connectivity index (χ1v) is 9.29. The Morgan fingerprint density at radius 2 is 1.96 bits per heavy atom. The molecule has 0 unspecified atom stereocenters. The summed E-state index contributed by atoms with van der Waals surface area (Å²) in [6.07, 6.45) is 1.62. The van der Waals surface area contributed by atoms with E-state index in [0.29, 0.717) is 39.7 Å². The Morgan fingerprint density at radius 1 is 1.11 bits per heavy atom. The summed E-state index contributed by atoms with van der Waals surface area (Å²) in [6, 6.07) is 14.6. The molecule has 3 aromatic rings. The highest BCUT2D eigenvalue weighted by molar-refractivity contribution is 7.80. The molecule has 0 radical (unpaired) electrons. The number of thiocarbonyl (C=S) groups is 1. The van der Waals surface area contributed by atoms with Crippen LogP contribution in [0.25, 0.3) is 0 Å². The monoisotopic (exact) mass is 421 g/mol. The maximum Gasteiger partial charge on any atom is 0.171 e. The fourth-order valence-corrected chi connectivity index (χ4v) is 3.02. The molecule has 1 heterocycles. The zero-order valence-electron chi connectivity index (χ0n) is 14.5. The molecule has 0 aliphatic heterocycles. The largest absolute Gasteiger partial charge is 0.493 e. The Labute approximate surface area is 173 Å². The second-order valence-corrected chi connectivity index (χ2v) is 6.86. The molecule has 4 nitrogen and oxygen atoms in total. The molecule has 0 fully saturated rings. The number of para-hydroxylation sites is 1. The van der Waals surface area contributed by atoms with E-state index in [1.54, 1.807) is 25.5 Å². The maximum atomic E-state index is 6.07. The van der Waals surface area contributed by atoms with Gasteiger partial charge < -0.3 is 19.2 Å². The van der Waals surface area contributed by atoms with E-state index in [0.717, 1.165) is 16.9 Å². The van der Waals surface area contributed by atoms with Crippen molar-refractivity contribution >= 4 is 40.4 Å². The van der Waals surface area contributed by atoms with Crippen molar-refractivity contribution in [2.24, 2.45) is 0 Å². The van der Waals surface area contributed by atoms with Crippen molar-refractivity contribution < 1.29 is 13.9 Å². The fraction of sp³-hybridized carbons (Fsp3) is 0.150. The highest BCUT2D eigenvalue weighted by Crippen LogP contribution is 2.32. The van der Waals surface area contributed by atoms with Gasteiger partial charge in [0.1, 0.15) is 17.4 Å². The minimum Gasteiger partial charge on any atom is -0.493 e. The topological polar surface area (TPSA) is 43.6 Å². The van der Waals surface area contributed by atoms with Crippen molar-refractivity contribution in [3.63, 3.8) is 0 Å². The van der Waals surface area contributed by atoms with Crippen LogP contribution in [0.1, 0.15) is 16.9 Å². The average Bonchev–Trinajstić information content (AvgIpc) is 3.20. The lowest BCUT2D eigenvalue weighted by molar-refractivity contribution is 0.284. The third-order valence-corrected chi connectivity index (χ3v) is 4.92. The average molecular weight is 422 g/mol. The van der Waals surface area contributed by atoms with Crippen LogP contribution in [-0.2, 0) is 13.2 Å². The van der Waals surface area contributed by atoms with Crippen molar-refractivity contribution in [2.45, 2.75) is 13.2 Å². The van der Waals surface area contributed by atoms with Crippen molar-refractivity contribution in [3.05, 3.63) is 81.7 Å². The minimum absolute atomic E-state index is 0.297. The molecule has 0 bridgehead atoms. The minimum atomic E-state index is 0.297. The predicted octanol–water partition coefficient (Wildman–Crippen LogP) is 5.64. The molecule has 0 atom stereocenters. The molecule has 0 saturated carbocycles. The molecular weight excluding hydrogens is 405 g/mol. The van der Waals surface area contributed by atoms with E-state index in [2.05, 4.69) is 5.32 Å². The zero-order valence-corrected chi connectivity index (χ0v) is 16.8. The summed E-state index contributed by atoms with van der Waals surface area (Å²) in [5.74, 6) is 1.94. The first kappa shape index (κ1) is 19.5. The summed E-state index contributed by atoms with van der Waals surface area (Å²) in [5.41, 5.74) is 1.62. The van der Waals surface area contributed by atoms with Crippen molar-refractivity contribution in [2.75, 3.05) is 7.11 Å². The van der Waals surface area contributed by atoms with Crippen LogP contribution in [0.15, 0.2) is 59.2 Å². The number of furan rings is 1. The molecule has 140 valence electrons. The number of rotatable bonds is 7. The fourth-order valence-electron chi connectivity index (χ4n) is 2.46.